The Balaban J connectivity index is 2.33. The Morgan fingerprint density at radius 1 is 1.44 bits per heavy atom. The molecule has 96 valence electrons. The maximum absolute atomic E-state index is 4.37. The second-order valence-corrected chi connectivity index (χ2v) is 4.51. The van der Waals surface area contributed by atoms with E-state index in [4.69, 9.17) is 0 Å². The van der Waals surface area contributed by atoms with E-state index >= 15 is 0 Å². The monoisotopic (exact) mass is 244 g/mol. The van der Waals surface area contributed by atoms with Crippen molar-refractivity contribution in [1.29, 1.82) is 0 Å². The Morgan fingerprint density at radius 2 is 2.28 bits per heavy atom. The molecule has 0 aromatic carbocycles. The average molecular weight is 244 g/mol. The van der Waals surface area contributed by atoms with Crippen molar-refractivity contribution in [2.75, 3.05) is 6.54 Å². The van der Waals surface area contributed by atoms with Crippen LogP contribution in [0.25, 0.3) is 0 Å². The summed E-state index contributed by atoms with van der Waals surface area (Å²) >= 11 is 0. The fourth-order valence-electron chi connectivity index (χ4n) is 2.09. The van der Waals surface area contributed by atoms with E-state index in [0.29, 0.717) is 0 Å². The van der Waals surface area contributed by atoms with Gasteiger partial charge in [0.1, 0.15) is 0 Å². The van der Waals surface area contributed by atoms with E-state index in [1.807, 2.05) is 37.1 Å². The summed E-state index contributed by atoms with van der Waals surface area (Å²) in [6, 6.07) is 4.29. The number of nitrogens with zero attached hydrogens (tertiary/aromatic N) is 3. The van der Waals surface area contributed by atoms with Crippen LogP contribution in [0.4, 0.5) is 0 Å². The van der Waals surface area contributed by atoms with Crippen LogP contribution in [-0.4, -0.2) is 21.3 Å². The molecule has 1 N–H and O–H groups in total. The largest absolute Gasteiger partial charge is 0.306 e. The number of rotatable bonds is 5. The molecule has 0 spiro atoms. The van der Waals surface area contributed by atoms with Gasteiger partial charge in [0.2, 0.25) is 0 Å². The standard InChI is InChI=1S/C14H20N4/c1-4-7-16-14(12-9-17-18(3)10-12)13-6-5-8-15-11(13)2/h5-6,8-10,14,16H,4,7H2,1-3H3. The molecule has 0 amide bonds. The van der Waals surface area contributed by atoms with Crippen molar-refractivity contribution in [3.63, 3.8) is 0 Å². The van der Waals surface area contributed by atoms with E-state index in [2.05, 4.69) is 34.6 Å². The highest BCUT2D eigenvalue weighted by Gasteiger charge is 2.17. The molecule has 2 aromatic heterocycles. The quantitative estimate of drug-likeness (QED) is 0.877. The first kappa shape index (κ1) is 12.8. The number of hydrogen-bond donors (Lipinski definition) is 1. The zero-order valence-electron chi connectivity index (χ0n) is 11.2. The number of nitrogens with one attached hydrogen (secondary N) is 1. The lowest BCUT2D eigenvalue weighted by molar-refractivity contribution is 0.593. The van der Waals surface area contributed by atoms with Crippen LogP contribution < -0.4 is 5.32 Å². The third-order valence-electron chi connectivity index (χ3n) is 3.02. The smallest absolute Gasteiger partial charge is 0.0625 e. The summed E-state index contributed by atoms with van der Waals surface area (Å²) in [5.74, 6) is 0. The Bertz CT molecular complexity index is 504. The highest BCUT2D eigenvalue weighted by Crippen LogP contribution is 2.23. The lowest BCUT2D eigenvalue weighted by Crippen LogP contribution is -2.23. The van der Waals surface area contributed by atoms with Gasteiger partial charge in [0.15, 0.2) is 0 Å². The van der Waals surface area contributed by atoms with Crippen LogP contribution >= 0.6 is 0 Å². The van der Waals surface area contributed by atoms with Gasteiger partial charge in [0.05, 0.1) is 12.2 Å². The zero-order chi connectivity index (χ0) is 13.0. The first-order chi connectivity index (χ1) is 8.72. The van der Waals surface area contributed by atoms with Crippen molar-refractivity contribution >= 4 is 0 Å². The van der Waals surface area contributed by atoms with E-state index in [-0.39, 0.29) is 6.04 Å². The summed E-state index contributed by atoms with van der Waals surface area (Å²) in [5, 5.41) is 7.82. The molecule has 2 heterocycles. The number of aromatic nitrogens is 3. The fourth-order valence-corrected chi connectivity index (χ4v) is 2.09. The molecule has 0 saturated carbocycles. The van der Waals surface area contributed by atoms with Gasteiger partial charge in [-0.25, -0.2) is 0 Å². The van der Waals surface area contributed by atoms with Crippen LogP contribution in [0.5, 0.6) is 0 Å². The third-order valence-corrected chi connectivity index (χ3v) is 3.02. The molecular formula is C14H20N4. The zero-order valence-corrected chi connectivity index (χ0v) is 11.2. The molecule has 4 heteroatoms. The minimum absolute atomic E-state index is 0.173. The van der Waals surface area contributed by atoms with E-state index < -0.39 is 0 Å². The molecule has 0 aliphatic carbocycles. The molecule has 0 aliphatic heterocycles. The van der Waals surface area contributed by atoms with Gasteiger partial charge in [-0.05, 0) is 31.5 Å². The van der Waals surface area contributed by atoms with Gasteiger partial charge in [-0.15, -0.1) is 0 Å². The van der Waals surface area contributed by atoms with Crippen molar-refractivity contribution in [3.05, 3.63) is 47.5 Å². The van der Waals surface area contributed by atoms with E-state index in [1.54, 1.807) is 0 Å². The average Bonchev–Trinajstić information content (AvgIpc) is 2.78. The van der Waals surface area contributed by atoms with Crippen LogP contribution in [0.1, 0.15) is 36.2 Å². The first-order valence-corrected chi connectivity index (χ1v) is 6.35. The summed E-state index contributed by atoms with van der Waals surface area (Å²) < 4.78 is 1.83. The highest BCUT2D eigenvalue weighted by atomic mass is 15.2. The van der Waals surface area contributed by atoms with E-state index in [1.165, 1.54) is 11.1 Å². The van der Waals surface area contributed by atoms with E-state index in [0.717, 1.165) is 18.7 Å². The van der Waals surface area contributed by atoms with Gasteiger partial charge in [0, 0.05) is 30.7 Å². The van der Waals surface area contributed by atoms with Gasteiger partial charge >= 0.3 is 0 Å². The van der Waals surface area contributed by atoms with Crippen LogP contribution in [0.15, 0.2) is 30.7 Å². The maximum Gasteiger partial charge on any atom is 0.0625 e. The van der Waals surface area contributed by atoms with E-state index in [9.17, 15) is 0 Å². The molecule has 0 aliphatic rings. The topological polar surface area (TPSA) is 42.7 Å². The molecule has 18 heavy (non-hydrogen) atoms. The van der Waals surface area contributed by atoms with Crippen molar-refractivity contribution < 1.29 is 0 Å². The minimum Gasteiger partial charge on any atom is -0.306 e. The number of pyridine rings is 1. The molecule has 0 fully saturated rings. The molecule has 0 radical (unpaired) electrons. The van der Waals surface area contributed by atoms with Gasteiger partial charge in [0.25, 0.3) is 0 Å². The lowest BCUT2D eigenvalue weighted by atomic mass is 10.0. The lowest BCUT2D eigenvalue weighted by Gasteiger charge is -2.19. The molecule has 2 rings (SSSR count). The van der Waals surface area contributed by atoms with Gasteiger partial charge in [-0.2, -0.15) is 5.10 Å². The van der Waals surface area contributed by atoms with Crippen LogP contribution in [-0.2, 0) is 7.05 Å². The normalized spacial score (nSPS) is 12.6. The van der Waals surface area contributed by atoms with Crippen molar-refractivity contribution in [3.8, 4) is 0 Å². The van der Waals surface area contributed by atoms with Crippen LogP contribution in [0.3, 0.4) is 0 Å². The first-order valence-electron chi connectivity index (χ1n) is 6.35. The van der Waals surface area contributed by atoms with Crippen LogP contribution in [0.2, 0.25) is 0 Å². The predicted octanol–water partition coefficient (Wildman–Crippen LogP) is 2.21. The summed E-state index contributed by atoms with van der Waals surface area (Å²) in [6.07, 6.45) is 6.91. The Hall–Kier alpha value is -1.68. The summed E-state index contributed by atoms with van der Waals surface area (Å²) in [6.45, 7) is 5.20. The molecule has 1 unspecified atom stereocenters. The summed E-state index contributed by atoms with van der Waals surface area (Å²) in [7, 11) is 1.94. The number of hydrogen-bond acceptors (Lipinski definition) is 3. The minimum atomic E-state index is 0.173. The molecular weight excluding hydrogens is 224 g/mol. The molecule has 0 saturated heterocycles. The SMILES string of the molecule is CCCNC(c1cnn(C)c1)c1cccnc1C. The second-order valence-electron chi connectivity index (χ2n) is 4.51. The predicted molar refractivity (Wildman–Crippen MR) is 72.3 cm³/mol. The van der Waals surface area contributed by atoms with Crippen molar-refractivity contribution in [1.82, 2.24) is 20.1 Å². The fraction of sp³-hybridized carbons (Fsp3) is 0.429. The van der Waals surface area contributed by atoms with Gasteiger partial charge in [-0.1, -0.05) is 13.0 Å². The maximum atomic E-state index is 4.37. The molecule has 4 nitrogen and oxygen atoms in total. The molecule has 1 atom stereocenters. The highest BCUT2D eigenvalue weighted by molar-refractivity contribution is 5.31. The van der Waals surface area contributed by atoms with Crippen molar-refractivity contribution in [2.24, 2.45) is 7.05 Å². The Labute approximate surface area is 108 Å². The summed E-state index contributed by atoms with van der Waals surface area (Å²) in [4.78, 5) is 4.37. The number of aryl methyl sites for hydroxylation is 2. The van der Waals surface area contributed by atoms with Crippen molar-refractivity contribution in [2.45, 2.75) is 26.3 Å². The Kier molecular flexibility index (Phi) is 4.10. The second kappa shape index (κ2) is 5.78. The Morgan fingerprint density at radius 3 is 2.89 bits per heavy atom. The van der Waals surface area contributed by atoms with Gasteiger partial charge in [-0.3, -0.25) is 9.67 Å². The van der Waals surface area contributed by atoms with Crippen LogP contribution in [0, 0.1) is 6.92 Å². The summed E-state index contributed by atoms with van der Waals surface area (Å²) in [5.41, 5.74) is 3.47. The van der Waals surface area contributed by atoms with Gasteiger partial charge < -0.3 is 5.32 Å². The molecule has 0 bridgehead atoms. The molecule has 2 aromatic rings. The third kappa shape index (κ3) is 2.76.